The van der Waals surface area contributed by atoms with Crippen LogP contribution < -0.4 is 5.32 Å². The third kappa shape index (κ3) is 4.59. The number of rotatable bonds is 1. The number of halogens is 2. The summed E-state index contributed by atoms with van der Waals surface area (Å²) >= 11 is 3.06. The second-order valence-corrected chi connectivity index (χ2v) is 10.4. The largest absolute Gasteiger partial charge is 0.310 e. The predicted molar refractivity (Wildman–Crippen MR) is 76.4 cm³/mol. The number of aromatic nitrogens is 1. The molecule has 1 heterocycles. The van der Waals surface area contributed by atoms with Gasteiger partial charge in [0.25, 0.3) is 0 Å². The standard InChI is InChI=1S/C12H14BrFN2OSi/c1-8(17)15-12-9(5-6-18(2,3)4)7-10(13)11(14)16-12/h7H,1-4H3,(H,15,16,17). The maximum atomic E-state index is 13.3. The van der Waals surface area contributed by atoms with E-state index in [0.29, 0.717) is 5.56 Å². The van der Waals surface area contributed by atoms with E-state index in [-0.39, 0.29) is 16.2 Å². The van der Waals surface area contributed by atoms with Crippen molar-refractivity contribution in [2.45, 2.75) is 26.6 Å². The molecule has 96 valence electrons. The molecule has 1 aromatic heterocycles. The highest BCUT2D eigenvalue weighted by atomic mass is 79.9. The zero-order valence-corrected chi connectivity index (χ0v) is 13.3. The summed E-state index contributed by atoms with van der Waals surface area (Å²) in [5.41, 5.74) is 3.67. The van der Waals surface area contributed by atoms with Crippen molar-refractivity contribution >= 4 is 35.7 Å². The van der Waals surface area contributed by atoms with Crippen LogP contribution in [0.5, 0.6) is 0 Å². The molecule has 0 aliphatic heterocycles. The molecule has 0 aromatic carbocycles. The lowest BCUT2D eigenvalue weighted by molar-refractivity contribution is -0.114. The Morgan fingerprint density at radius 1 is 1.50 bits per heavy atom. The van der Waals surface area contributed by atoms with Crippen LogP contribution in [-0.2, 0) is 4.79 Å². The monoisotopic (exact) mass is 328 g/mol. The molecular weight excluding hydrogens is 315 g/mol. The smallest absolute Gasteiger partial charge is 0.229 e. The van der Waals surface area contributed by atoms with Crippen LogP contribution in [0.25, 0.3) is 0 Å². The summed E-state index contributed by atoms with van der Waals surface area (Å²) < 4.78 is 13.6. The minimum Gasteiger partial charge on any atom is -0.310 e. The van der Waals surface area contributed by atoms with Gasteiger partial charge in [-0.15, -0.1) is 5.54 Å². The highest BCUT2D eigenvalue weighted by Gasteiger charge is 2.12. The molecule has 0 unspecified atom stereocenters. The summed E-state index contributed by atoms with van der Waals surface area (Å²) in [5, 5.41) is 2.48. The minimum absolute atomic E-state index is 0.161. The maximum Gasteiger partial charge on any atom is 0.229 e. The summed E-state index contributed by atoms with van der Waals surface area (Å²) in [4.78, 5) is 14.7. The molecule has 18 heavy (non-hydrogen) atoms. The van der Waals surface area contributed by atoms with Crippen LogP contribution in [0, 0.1) is 17.4 Å². The van der Waals surface area contributed by atoms with Crippen LogP contribution in [0.15, 0.2) is 10.5 Å². The molecule has 0 radical (unpaired) electrons. The van der Waals surface area contributed by atoms with Gasteiger partial charge in [-0.05, 0) is 22.0 Å². The molecule has 0 atom stereocenters. The zero-order valence-electron chi connectivity index (χ0n) is 10.7. The number of pyridine rings is 1. The first-order valence-corrected chi connectivity index (χ1v) is 9.65. The van der Waals surface area contributed by atoms with Crippen molar-refractivity contribution in [1.82, 2.24) is 4.98 Å². The first-order chi connectivity index (χ1) is 8.19. The Morgan fingerprint density at radius 2 is 2.11 bits per heavy atom. The van der Waals surface area contributed by atoms with Gasteiger partial charge < -0.3 is 5.32 Å². The molecule has 6 heteroatoms. The van der Waals surface area contributed by atoms with Crippen LogP contribution in [0.2, 0.25) is 19.6 Å². The van der Waals surface area contributed by atoms with E-state index in [1.165, 1.54) is 13.0 Å². The number of amides is 1. The van der Waals surface area contributed by atoms with Gasteiger partial charge in [0.05, 0.1) is 10.0 Å². The van der Waals surface area contributed by atoms with E-state index in [2.05, 4.69) is 57.3 Å². The van der Waals surface area contributed by atoms with Crippen molar-refractivity contribution in [3.8, 4) is 11.5 Å². The maximum absolute atomic E-state index is 13.3. The van der Waals surface area contributed by atoms with Crippen molar-refractivity contribution in [3.05, 3.63) is 22.1 Å². The van der Waals surface area contributed by atoms with E-state index < -0.39 is 14.0 Å². The average Bonchev–Trinajstić information content (AvgIpc) is 2.19. The summed E-state index contributed by atoms with van der Waals surface area (Å²) in [7, 11) is -1.54. The molecule has 0 saturated carbocycles. The highest BCUT2D eigenvalue weighted by Crippen LogP contribution is 2.20. The molecule has 0 saturated heterocycles. The van der Waals surface area contributed by atoms with Crippen LogP contribution in [-0.4, -0.2) is 19.0 Å². The van der Waals surface area contributed by atoms with Crippen molar-refractivity contribution in [3.63, 3.8) is 0 Å². The number of carbonyl (C=O) groups is 1. The van der Waals surface area contributed by atoms with E-state index in [0.717, 1.165) is 0 Å². The summed E-state index contributed by atoms with van der Waals surface area (Å²) in [6.07, 6.45) is 0. The number of nitrogens with one attached hydrogen (secondary N) is 1. The SMILES string of the molecule is CC(=O)Nc1nc(F)c(Br)cc1C#C[Si](C)(C)C. The average molecular weight is 329 g/mol. The van der Waals surface area contributed by atoms with Gasteiger partial charge in [0.15, 0.2) is 5.82 Å². The normalized spacial score (nSPS) is 10.6. The molecule has 1 N–H and O–H groups in total. The molecule has 1 amide bonds. The third-order valence-electron chi connectivity index (χ3n) is 1.80. The van der Waals surface area contributed by atoms with E-state index in [1.54, 1.807) is 0 Å². The van der Waals surface area contributed by atoms with Gasteiger partial charge in [-0.2, -0.15) is 9.37 Å². The highest BCUT2D eigenvalue weighted by molar-refractivity contribution is 9.10. The number of hydrogen-bond acceptors (Lipinski definition) is 2. The Hall–Kier alpha value is -1.19. The third-order valence-corrected chi connectivity index (χ3v) is 3.23. The number of hydrogen-bond donors (Lipinski definition) is 1. The lowest BCUT2D eigenvalue weighted by Crippen LogP contribution is -2.16. The number of nitrogens with zero attached hydrogens (tertiary/aromatic N) is 1. The van der Waals surface area contributed by atoms with Crippen molar-refractivity contribution in [1.29, 1.82) is 0 Å². The Labute approximate surface area is 115 Å². The van der Waals surface area contributed by atoms with Crippen LogP contribution in [0.3, 0.4) is 0 Å². The minimum atomic E-state index is -1.54. The van der Waals surface area contributed by atoms with Gasteiger partial charge in [-0.3, -0.25) is 4.79 Å². The van der Waals surface area contributed by atoms with Crippen LogP contribution in [0.4, 0.5) is 10.2 Å². The van der Waals surface area contributed by atoms with Gasteiger partial charge >= 0.3 is 0 Å². The zero-order chi connectivity index (χ0) is 13.9. The van der Waals surface area contributed by atoms with Gasteiger partial charge in [0.2, 0.25) is 11.9 Å². The van der Waals surface area contributed by atoms with Gasteiger partial charge in [0.1, 0.15) is 8.07 Å². The Morgan fingerprint density at radius 3 is 2.61 bits per heavy atom. The quantitative estimate of drug-likeness (QED) is 0.488. The van der Waals surface area contributed by atoms with Crippen molar-refractivity contribution in [2.75, 3.05) is 5.32 Å². The van der Waals surface area contributed by atoms with E-state index in [1.807, 2.05) is 0 Å². The molecule has 0 spiro atoms. The van der Waals surface area contributed by atoms with Crippen molar-refractivity contribution in [2.24, 2.45) is 0 Å². The lowest BCUT2D eigenvalue weighted by Gasteiger charge is -2.07. The second-order valence-electron chi connectivity index (χ2n) is 4.84. The molecular formula is C12H14BrFN2OSi. The molecule has 1 aromatic rings. The molecule has 1 rings (SSSR count). The fourth-order valence-electron chi connectivity index (χ4n) is 1.08. The van der Waals surface area contributed by atoms with E-state index in [9.17, 15) is 9.18 Å². The molecule has 3 nitrogen and oxygen atoms in total. The number of carbonyl (C=O) groups excluding carboxylic acids is 1. The molecule has 0 aliphatic carbocycles. The predicted octanol–water partition coefficient (Wildman–Crippen LogP) is 3.17. The van der Waals surface area contributed by atoms with Crippen LogP contribution >= 0.6 is 15.9 Å². The second kappa shape index (κ2) is 5.63. The summed E-state index contributed by atoms with van der Waals surface area (Å²) in [6, 6.07) is 1.53. The van der Waals surface area contributed by atoms with Crippen LogP contribution in [0.1, 0.15) is 12.5 Å². The topological polar surface area (TPSA) is 42.0 Å². The van der Waals surface area contributed by atoms with Gasteiger partial charge in [-0.1, -0.05) is 25.6 Å². The summed E-state index contributed by atoms with van der Waals surface area (Å²) in [5.74, 6) is 2.15. The molecule has 0 fully saturated rings. The Balaban J connectivity index is 3.26. The van der Waals surface area contributed by atoms with E-state index >= 15 is 0 Å². The first kappa shape index (κ1) is 14.9. The fourth-order valence-corrected chi connectivity index (χ4v) is 1.91. The van der Waals surface area contributed by atoms with Crippen molar-refractivity contribution < 1.29 is 9.18 Å². The number of anilines is 1. The summed E-state index contributed by atoms with van der Waals surface area (Å²) in [6.45, 7) is 7.65. The fraction of sp³-hybridized carbons (Fsp3) is 0.333. The Kier molecular flexibility index (Phi) is 4.65. The van der Waals surface area contributed by atoms with E-state index in [4.69, 9.17) is 0 Å². The Bertz CT molecular complexity index is 543. The lowest BCUT2D eigenvalue weighted by atomic mass is 10.2. The van der Waals surface area contributed by atoms with Gasteiger partial charge in [0, 0.05) is 6.92 Å². The van der Waals surface area contributed by atoms with Gasteiger partial charge in [-0.25, -0.2) is 0 Å². The molecule has 0 bridgehead atoms. The first-order valence-electron chi connectivity index (χ1n) is 5.36. The molecule has 0 aliphatic rings.